The summed E-state index contributed by atoms with van der Waals surface area (Å²) < 4.78 is 18.3. The molecule has 0 unspecified atom stereocenters. The zero-order valence-electron chi connectivity index (χ0n) is 11.6. The summed E-state index contributed by atoms with van der Waals surface area (Å²) in [4.78, 5) is 4.27. The van der Waals surface area contributed by atoms with Gasteiger partial charge < -0.3 is 10.5 Å². The number of halogens is 1. The van der Waals surface area contributed by atoms with Crippen LogP contribution in [0.5, 0.6) is 5.75 Å². The van der Waals surface area contributed by atoms with Crippen LogP contribution < -0.4 is 10.5 Å². The highest BCUT2D eigenvalue weighted by molar-refractivity contribution is 8.13. The smallest absolute Gasteiger partial charge is 0.165 e. The fourth-order valence-corrected chi connectivity index (χ4v) is 2.11. The number of nitrogens with two attached hydrogens (primary N) is 1. The number of aliphatic imine (C=N–C) groups is 1. The number of methoxy groups -OCH3 is 1. The average molecular weight is 284 g/mol. The molecule has 2 N–H and O–H groups in total. The van der Waals surface area contributed by atoms with Crippen LogP contribution in [0.2, 0.25) is 0 Å². The first kappa shape index (κ1) is 15.8. The van der Waals surface area contributed by atoms with Gasteiger partial charge >= 0.3 is 0 Å². The van der Waals surface area contributed by atoms with Gasteiger partial charge in [-0.3, -0.25) is 4.99 Å². The highest BCUT2D eigenvalue weighted by Gasteiger charge is 2.04. The zero-order valence-corrected chi connectivity index (χ0v) is 12.5. The van der Waals surface area contributed by atoms with E-state index in [1.165, 1.54) is 24.9 Å². The fraction of sp³-hybridized carbons (Fsp3) is 0.500. The van der Waals surface area contributed by atoms with E-state index in [2.05, 4.69) is 18.8 Å². The third-order valence-electron chi connectivity index (χ3n) is 2.58. The number of nitrogens with zero attached hydrogens (tertiary/aromatic N) is 1. The molecule has 0 aliphatic carbocycles. The van der Waals surface area contributed by atoms with Gasteiger partial charge in [0.1, 0.15) is 0 Å². The van der Waals surface area contributed by atoms with Crippen molar-refractivity contribution in [1.82, 2.24) is 0 Å². The Morgan fingerprint density at radius 1 is 1.47 bits per heavy atom. The van der Waals surface area contributed by atoms with Crippen LogP contribution in [-0.2, 0) is 5.75 Å². The summed E-state index contributed by atoms with van der Waals surface area (Å²) in [5.41, 5.74) is 6.66. The van der Waals surface area contributed by atoms with Crippen molar-refractivity contribution in [3.8, 4) is 5.75 Å². The maximum atomic E-state index is 13.5. The molecule has 0 heterocycles. The maximum absolute atomic E-state index is 13.5. The van der Waals surface area contributed by atoms with Crippen LogP contribution in [0, 0.1) is 11.7 Å². The van der Waals surface area contributed by atoms with Crippen molar-refractivity contribution in [2.75, 3.05) is 13.7 Å². The summed E-state index contributed by atoms with van der Waals surface area (Å²) in [6, 6.07) is 4.92. The van der Waals surface area contributed by atoms with Gasteiger partial charge in [0.15, 0.2) is 16.7 Å². The van der Waals surface area contributed by atoms with E-state index in [4.69, 9.17) is 10.5 Å². The fourth-order valence-electron chi connectivity index (χ4n) is 1.44. The minimum absolute atomic E-state index is 0.257. The topological polar surface area (TPSA) is 47.6 Å². The molecule has 0 aliphatic heterocycles. The van der Waals surface area contributed by atoms with Crippen LogP contribution >= 0.6 is 11.8 Å². The van der Waals surface area contributed by atoms with Gasteiger partial charge in [-0.2, -0.15) is 0 Å². The van der Waals surface area contributed by atoms with Crippen molar-refractivity contribution >= 4 is 16.9 Å². The quantitative estimate of drug-likeness (QED) is 0.643. The minimum atomic E-state index is -0.351. The van der Waals surface area contributed by atoms with E-state index in [0.29, 0.717) is 16.8 Å². The van der Waals surface area contributed by atoms with E-state index >= 15 is 0 Å². The molecule has 0 spiro atoms. The van der Waals surface area contributed by atoms with Crippen molar-refractivity contribution in [3.63, 3.8) is 0 Å². The maximum Gasteiger partial charge on any atom is 0.165 e. The van der Waals surface area contributed by atoms with Crippen LogP contribution in [0.1, 0.15) is 25.8 Å². The Morgan fingerprint density at radius 2 is 2.21 bits per heavy atom. The van der Waals surface area contributed by atoms with E-state index in [1.807, 2.05) is 6.07 Å². The highest BCUT2D eigenvalue weighted by Crippen LogP contribution is 2.20. The number of thioether (sulfide) groups is 1. The third kappa shape index (κ3) is 5.96. The Balaban J connectivity index is 2.45. The molecule has 106 valence electrons. The molecule has 0 fully saturated rings. The number of rotatable bonds is 6. The Morgan fingerprint density at radius 3 is 2.79 bits per heavy atom. The van der Waals surface area contributed by atoms with Gasteiger partial charge in [-0.1, -0.05) is 31.7 Å². The van der Waals surface area contributed by atoms with Crippen molar-refractivity contribution < 1.29 is 9.13 Å². The van der Waals surface area contributed by atoms with E-state index in [0.717, 1.165) is 18.5 Å². The van der Waals surface area contributed by atoms with Crippen LogP contribution in [0.4, 0.5) is 4.39 Å². The minimum Gasteiger partial charge on any atom is -0.494 e. The summed E-state index contributed by atoms with van der Waals surface area (Å²) in [5, 5.41) is 0.553. The molecule has 0 atom stereocenters. The van der Waals surface area contributed by atoms with Crippen LogP contribution in [-0.4, -0.2) is 18.8 Å². The Kier molecular flexibility index (Phi) is 6.70. The molecular formula is C14H21FN2OS. The molecule has 0 amide bonds. The first-order valence-electron chi connectivity index (χ1n) is 6.28. The third-order valence-corrected chi connectivity index (χ3v) is 3.48. The van der Waals surface area contributed by atoms with Gasteiger partial charge in [-0.15, -0.1) is 0 Å². The lowest BCUT2D eigenvalue weighted by Crippen LogP contribution is -2.08. The van der Waals surface area contributed by atoms with Gasteiger partial charge in [0.25, 0.3) is 0 Å². The van der Waals surface area contributed by atoms with E-state index < -0.39 is 0 Å². The second-order valence-corrected chi connectivity index (χ2v) is 5.66. The van der Waals surface area contributed by atoms with Crippen molar-refractivity contribution in [2.24, 2.45) is 16.6 Å². The normalized spacial score (nSPS) is 11.9. The van der Waals surface area contributed by atoms with Gasteiger partial charge in [-0.25, -0.2) is 4.39 Å². The standard InChI is InChI=1S/C14H21FN2OS/c1-10(2)6-7-17-14(16)19-9-11-4-5-13(18-3)12(15)8-11/h4-5,8,10H,6-7,9H2,1-3H3,(H2,16,17). The summed E-state index contributed by atoms with van der Waals surface area (Å²) in [6.45, 7) is 5.05. The van der Waals surface area contributed by atoms with Gasteiger partial charge in [0.2, 0.25) is 0 Å². The average Bonchev–Trinajstić information content (AvgIpc) is 2.36. The molecule has 1 aromatic carbocycles. The second-order valence-electron chi connectivity index (χ2n) is 4.66. The highest BCUT2D eigenvalue weighted by atomic mass is 32.2. The zero-order chi connectivity index (χ0) is 14.3. The molecule has 0 saturated heterocycles. The monoisotopic (exact) mass is 284 g/mol. The molecule has 0 bridgehead atoms. The second kappa shape index (κ2) is 8.04. The molecular weight excluding hydrogens is 263 g/mol. The largest absolute Gasteiger partial charge is 0.494 e. The lowest BCUT2D eigenvalue weighted by molar-refractivity contribution is 0.386. The van der Waals surface area contributed by atoms with Crippen molar-refractivity contribution in [2.45, 2.75) is 26.0 Å². The van der Waals surface area contributed by atoms with Crippen LogP contribution in [0.15, 0.2) is 23.2 Å². The number of ether oxygens (including phenoxy) is 1. The van der Waals surface area contributed by atoms with Gasteiger partial charge in [0.05, 0.1) is 7.11 Å². The SMILES string of the molecule is COc1ccc(CSC(N)=NCCC(C)C)cc1F. The molecule has 0 radical (unpaired) electrons. The summed E-state index contributed by atoms with van der Waals surface area (Å²) >= 11 is 1.42. The van der Waals surface area contributed by atoms with Gasteiger partial charge in [-0.05, 0) is 30.0 Å². The first-order chi connectivity index (χ1) is 9.02. The predicted molar refractivity (Wildman–Crippen MR) is 80.2 cm³/mol. The molecule has 0 saturated carbocycles. The summed E-state index contributed by atoms with van der Waals surface area (Å²) in [5.74, 6) is 1.14. The first-order valence-corrected chi connectivity index (χ1v) is 7.26. The van der Waals surface area contributed by atoms with Gasteiger partial charge in [0, 0.05) is 12.3 Å². The molecule has 1 rings (SSSR count). The van der Waals surface area contributed by atoms with Crippen molar-refractivity contribution in [3.05, 3.63) is 29.6 Å². The molecule has 19 heavy (non-hydrogen) atoms. The molecule has 5 heteroatoms. The number of amidine groups is 1. The summed E-state index contributed by atoms with van der Waals surface area (Å²) in [6.07, 6.45) is 1.03. The lowest BCUT2D eigenvalue weighted by atomic mass is 10.1. The molecule has 1 aromatic rings. The Bertz CT molecular complexity index is 435. The van der Waals surface area contributed by atoms with Crippen LogP contribution in [0.25, 0.3) is 0 Å². The number of hydrogen-bond acceptors (Lipinski definition) is 3. The van der Waals surface area contributed by atoms with Crippen LogP contribution in [0.3, 0.4) is 0 Å². The molecule has 0 aromatic heterocycles. The van der Waals surface area contributed by atoms with E-state index in [1.54, 1.807) is 6.07 Å². The number of benzene rings is 1. The lowest BCUT2D eigenvalue weighted by Gasteiger charge is -2.05. The predicted octanol–water partition coefficient (Wildman–Crippen LogP) is 3.43. The number of hydrogen-bond donors (Lipinski definition) is 1. The molecule has 3 nitrogen and oxygen atoms in total. The molecule has 0 aliphatic rings. The Labute approximate surface area is 118 Å². The van der Waals surface area contributed by atoms with E-state index in [-0.39, 0.29) is 11.6 Å². The van der Waals surface area contributed by atoms with Crippen molar-refractivity contribution in [1.29, 1.82) is 0 Å². The summed E-state index contributed by atoms with van der Waals surface area (Å²) in [7, 11) is 1.45. The Hall–Kier alpha value is -1.23. The van der Waals surface area contributed by atoms with E-state index in [9.17, 15) is 4.39 Å².